The van der Waals surface area contributed by atoms with Crippen molar-refractivity contribution in [2.24, 2.45) is 0 Å². The highest BCUT2D eigenvalue weighted by atomic mass is 16.3. The average Bonchev–Trinajstić information content (AvgIpc) is 3.30. The topological polar surface area (TPSA) is 98.0 Å². The number of nitrogens with zero attached hydrogens (tertiary/aromatic N) is 3. The van der Waals surface area contributed by atoms with Gasteiger partial charge in [0.25, 0.3) is 5.91 Å². The second kappa shape index (κ2) is 6.56. The van der Waals surface area contributed by atoms with Gasteiger partial charge in [-0.3, -0.25) is 4.79 Å². The summed E-state index contributed by atoms with van der Waals surface area (Å²) in [5, 5.41) is 13.3. The van der Waals surface area contributed by atoms with E-state index in [0.29, 0.717) is 17.1 Å². The van der Waals surface area contributed by atoms with Gasteiger partial charge in [-0.2, -0.15) is 5.26 Å². The number of oxazole rings is 1. The van der Waals surface area contributed by atoms with Crippen LogP contribution in [0.1, 0.15) is 34.8 Å². The monoisotopic (exact) mass is 349 g/mol. The number of piperidine rings is 1. The number of carbonyl (C=O) groups is 1. The summed E-state index contributed by atoms with van der Waals surface area (Å²) in [6, 6.07) is 8.08. The van der Waals surface area contributed by atoms with Gasteiger partial charge < -0.3 is 19.6 Å². The maximum absolute atomic E-state index is 12.3. The number of rotatable bonds is 3. The molecule has 2 N–H and O–H groups in total. The molecule has 4 rings (SSSR count). The van der Waals surface area contributed by atoms with Crippen LogP contribution < -0.4 is 10.2 Å². The number of hydrogen-bond donors (Lipinski definition) is 2. The summed E-state index contributed by atoms with van der Waals surface area (Å²) in [6.07, 6.45) is 5.14. The molecule has 2 aromatic heterocycles. The van der Waals surface area contributed by atoms with Gasteiger partial charge in [0.2, 0.25) is 0 Å². The zero-order valence-corrected chi connectivity index (χ0v) is 14.5. The second-order valence-corrected chi connectivity index (χ2v) is 6.52. The largest absolute Gasteiger partial charge is 0.448 e. The highest BCUT2D eigenvalue weighted by Crippen LogP contribution is 2.30. The lowest BCUT2D eigenvalue weighted by Gasteiger charge is -2.35. The Morgan fingerprint density at radius 3 is 3.12 bits per heavy atom. The number of fused-ring (bicyclic) bond motifs is 1. The molecule has 1 amide bonds. The number of aromatic nitrogens is 2. The van der Waals surface area contributed by atoms with Crippen LogP contribution in [-0.4, -0.2) is 35.0 Å². The maximum Gasteiger partial charge on any atom is 0.273 e. The van der Waals surface area contributed by atoms with Crippen LogP contribution in [-0.2, 0) is 0 Å². The molecule has 0 spiro atoms. The van der Waals surface area contributed by atoms with E-state index in [0.717, 1.165) is 42.5 Å². The molecule has 3 aromatic rings. The third kappa shape index (κ3) is 2.90. The molecule has 0 aliphatic carbocycles. The molecule has 0 bridgehead atoms. The molecule has 3 heterocycles. The molecular weight excluding hydrogens is 330 g/mol. The molecule has 132 valence electrons. The predicted molar refractivity (Wildman–Crippen MR) is 97.0 cm³/mol. The summed E-state index contributed by atoms with van der Waals surface area (Å²) in [5.41, 5.74) is 2.88. The minimum atomic E-state index is -0.208. The summed E-state index contributed by atoms with van der Waals surface area (Å²) in [7, 11) is 0. The van der Waals surface area contributed by atoms with E-state index in [2.05, 4.69) is 26.3 Å². The van der Waals surface area contributed by atoms with E-state index in [-0.39, 0.29) is 11.9 Å². The fourth-order valence-corrected chi connectivity index (χ4v) is 3.55. The third-order valence-corrected chi connectivity index (χ3v) is 4.77. The van der Waals surface area contributed by atoms with Gasteiger partial charge >= 0.3 is 0 Å². The molecule has 1 atom stereocenters. The van der Waals surface area contributed by atoms with Crippen LogP contribution in [0.4, 0.5) is 5.69 Å². The highest BCUT2D eigenvalue weighted by Gasteiger charge is 2.24. The Hall–Kier alpha value is -3.27. The first kappa shape index (κ1) is 16.2. The number of aryl methyl sites for hydroxylation is 1. The first-order valence-corrected chi connectivity index (χ1v) is 8.64. The summed E-state index contributed by atoms with van der Waals surface area (Å²) in [4.78, 5) is 21.8. The Balaban J connectivity index is 1.53. The van der Waals surface area contributed by atoms with Crippen LogP contribution in [0.2, 0.25) is 0 Å². The molecule has 1 aliphatic rings. The lowest BCUT2D eigenvalue weighted by atomic mass is 10.0. The van der Waals surface area contributed by atoms with Gasteiger partial charge in [-0.25, -0.2) is 4.98 Å². The number of H-pyrrole nitrogens is 1. The van der Waals surface area contributed by atoms with Gasteiger partial charge in [-0.15, -0.1) is 0 Å². The van der Waals surface area contributed by atoms with Crippen molar-refractivity contribution >= 4 is 22.5 Å². The fourth-order valence-electron chi connectivity index (χ4n) is 3.55. The smallest absolute Gasteiger partial charge is 0.273 e. The van der Waals surface area contributed by atoms with E-state index >= 15 is 0 Å². The van der Waals surface area contributed by atoms with Gasteiger partial charge in [0.05, 0.1) is 11.1 Å². The van der Waals surface area contributed by atoms with Crippen molar-refractivity contribution in [1.29, 1.82) is 5.26 Å². The summed E-state index contributed by atoms with van der Waals surface area (Å²) >= 11 is 0. The second-order valence-electron chi connectivity index (χ2n) is 6.52. The van der Waals surface area contributed by atoms with Crippen molar-refractivity contribution in [3.05, 3.63) is 47.8 Å². The maximum atomic E-state index is 12.3. The Kier molecular flexibility index (Phi) is 4.09. The minimum absolute atomic E-state index is 0.0397. The number of amides is 1. The molecule has 1 unspecified atom stereocenters. The lowest BCUT2D eigenvalue weighted by molar-refractivity contribution is 0.0928. The molecule has 0 saturated carbocycles. The number of nitriles is 1. The van der Waals surface area contributed by atoms with Crippen molar-refractivity contribution < 1.29 is 9.21 Å². The number of benzene rings is 1. The van der Waals surface area contributed by atoms with Crippen LogP contribution in [0.3, 0.4) is 0 Å². The number of nitrogens with one attached hydrogen (secondary N) is 2. The van der Waals surface area contributed by atoms with E-state index in [4.69, 9.17) is 4.42 Å². The first-order chi connectivity index (χ1) is 12.7. The molecule has 0 radical (unpaired) electrons. The Morgan fingerprint density at radius 1 is 1.46 bits per heavy atom. The summed E-state index contributed by atoms with van der Waals surface area (Å²) < 4.78 is 5.11. The summed E-state index contributed by atoms with van der Waals surface area (Å²) in [6.45, 7) is 3.35. The number of anilines is 1. The highest BCUT2D eigenvalue weighted by molar-refractivity contribution is 5.96. The normalized spacial score (nSPS) is 17.2. The molecule has 7 heteroatoms. The van der Waals surface area contributed by atoms with E-state index in [9.17, 15) is 10.1 Å². The fraction of sp³-hybridized carbons (Fsp3) is 0.316. The van der Waals surface area contributed by atoms with Gasteiger partial charge in [0, 0.05) is 43.3 Å². The van der Waals surface area contributed by atoms with Crippen LogP contribution in [0, 0.1) is 18.3 Å². The van der Waals surface area contributed by atoms with Crippen LogP contribution in [0.25, 0.3) is 10.9 Å². The van der Waals surface area contributed by atoms with Gasteiger partial charge in [0.1, 0.15) is 12.3 Å². The van der Waals surface area contributed by atoms with E-state index in [1.165, 1.54) is 6.26 Å². The van der Waals surface area contributed by atoms with Gasteiger partial charge in [-0.1, -0.05) is 0 Å². The molecule has 26 heavy (non-hydrogen) atoms. The molecule has 1 fully saturated rings. The Morgan fingerprint density at radius 2 is 2.35 bits per heavy atom. The first-order valence-electron chi connectivity index (χ1n) is 8.64. The van der Waals surface area contributed by atoms with Crippen molar-refractivity contribution in [3.63, 3.8) is 0 Å². The van der Waals surface area contributed by atoms with Crippen molar-refractivity contribution in [2.45, 2.75) is 25.8 Å². The summed E-state index contributed by atoms with van der Waals surface area (Å²) in [5.74, 6) is 0.271. The third-order valence-electron chi connectivity index (χ3n) is 4.77. The van der Waals surface area contributed by atoms with E-state index in [1.54, 1.807) is 6.92 Å². The van der Waals surface area contributed by atoms with Crippen LogP contribution in [0.15, 0.2) is 35.1 Å². The zero-order chi connectivity index (χ0) is 18.1. The Labute approximate surface area is 150 Å². The molecule has 1 aromatic carbocycles. The van der Waals surface area contributed by atoms with Crippen LogP contribution >= 0.6 is 0 Å². The van der Waals surface area contributed by atoms with Gasteiger partial charge in [-0.05, 0) is 31.0 Å². The molecule has 1 saturated heterocycles. The van der Waals surface area contributed by atoms with Crippen molar-refractivity contribution in [3.8, 4) is 6.07 Å². The SMILES string of the molecule is Cc1nc(C(=O)NC2CCCN(c3ccc(C#N)c4[nH]ccc34)C2)co1. The molecular formula is C19H19N5O2. The van der Waals surface area contributed by atoms with Gasteiger partial charge in [0.15, 0.2) is 11.6 Å². The quantitative estimate of drug-likeness (QED) is 0.758. The molecule has 1 aliphatic heterocycles. The minimum Gasteiger partial charge on any atom is -0.448 e. The Bertz CT molecular complexity index is 997. The van der Waals surface area contributed by atoms with Crippen molar-refractivity contribution in [2.75, 3.05) is 18.0 Å². The van der Waals surface area contributed by atoms with E-state index < -0.39 is 0 Å². The number of hydrogen-bond acceptors (Lipinski definition) is 5. The van der Waals surface area contributed by atoms with E-state index in [1.807, 2.05) is 24.4 Å². The molecule has 7 nitrogen and oxygen atoms in total. The number of aromatic amines is 1. The lowest BCUT2D eigenvalue weighted by Crippen LogP contribution is -2.48. The number of carbonyl (C=O) groups excluding carboxylic acids is 1. The van der Waals surface area contributed by atoms with Crippen LogP contribution in [0.5, 0.6) is 0 Å². The standard InChI is InChI=1S/C19H19N5O2/c1-12-22-16(11-26-12)19(25)23-14-3-2-8-24(10-14)17-5-4-13(9-20)18-15(17)6-7-21-18/h4-7,11,14,21H,2-3,8,10H2,1H3,(H,23,25). The average molecular weight is 349 g/mol. The predicted octanol–water partition coefficient (Wildman–Crippen LogP) is 2.73. The van der Waals surface area contributed by atoms with Crippen molar-refractivity contribution in [1.82, 2.24) is 15.3 Å². The zero-order valence-electron chi connectivity index (χ0n) is 14.5.